The Hall–Kier alpha value is -1.51. The highest BCUT2D eigenvalue weighted by Gasteiger charge is 2.19. The van der Waals surface area contributed by atoms with Gasteiger partial charge in [-0.15, -0.1) is 0 Å². The SMILES string of the molecule is C=Cc1nn(PI)c2c(C)nc(-c3cnn(C)c3OC(C)CNCC)cc12. The van der Waals surface area contributed by atoms with E-state index in [0.717, 1.165) is 52.5 Å². The minimum absolute atomic E-state index is 0.0237. The van der Waals surface area contributed by atoms with Crippen LogP contribution in [0.1, 0.15) is 25.2 Å². The lowest BCUT2D eigenvalue weighted by Gasteiger charge is -2.16. The summed E-state index contributed by atoms with van der Waals surface area (Å²) in [6.45, 7) is 11.7. The lowest BCUT2D eigenvalue weighted by atomic mass is 10.1. The summed E-state index contributed by atoms with van der Waals surface area (Å²) < 4.78 is 9.90. The molecule has 144 valence electrons. The first-order chi connectivity index (χ1) is 13.0. The Bertz CT molecular complexity index is 967. The van der Waals surface area contributed by atoms with Crippen LogP contribution in [-0.2, 0) is 7.05 Å². The molecule has 3 aromatic heterocycles. The van der Waals surface area contributed by atoms with Crippen LogP contribution in [-0.4, -0.2) is 43.5 Å². The van der Waals surface area contributed by atoms with Crippen molar-refractivity contribution in [2.45, 2.75) is 26.9 Å². The smallest absolute Gasteiger partial charge is 0.221 e. The van der Waals surface area contributed by atoms with Gasteiger partial charge in [-0.2, -0.15) is 10.2 Å². The molecule has 0 aromatic carbocycles. The minimum atomic E-state index is 0.0237. The predicted molar refractivity (Wildman–Crippen MR) is 121 cm³/mol. The molecule has 0 aliphatic heterocycles. The molecule has 3 aromatic rings. The Morgan fingerprint density at radius 3 is 2.93 bits per heavy atom. The third-order valence-electron chi connectivity index (χ3n) is 4.29. The Kier molecular flexibility index (Phi) is 6.49. The van der Waals surface area contributed by atoms with Crippen LogP contribution in [0, 0.1) is 6.92 Å². The molecule has 1 N–H and O–H groups in total. The quantitative estimate of drug-likeness (QED) is 0.377. The summed E-state index contributed by atoms with van der Waals surface area (Å²) >= 11 is 2.33. The third kappa shape index (κ3) is 4.02. The zero-order valence-corrected chi connectivity index (χ0v) is 19.1. The van der Waals surface area contributed by atoms with E-state index in [0.29, 0.717) is 6.37 Å². The number of hydrogen-bond donors (Lipinski definition) is 1. The predicted octanol–water partition coefficient (Wildman–Crippen LogP) is 3.95. The zero-order valence-electron chi connectivity index (χ0n) is 16.0. The molecule has 2 atom stereocenters. The highest BCUT2D eigenvalue weighted by atomic mass is 127. The van der Waals surface area contributed by atoms with Gasteiger partial charge in [-0.25, -0.2) is 9.13 Å². The van der Waals surface area contributed by atoms with Crippen molar-refractivity contribution in [3.8, 4) is 17.1 Å². The van der Waals surface area contributed by atoms with Gasteiger partial charge in [-0.1, -0.05) is 13.5 Å². The van der Waals surface area contributed by atoms with Crippen LogP contribution in [0.5, 0.6) is 5.88 Å². The molecule has 0 spiro atoms. The lowest BCUT2D eigenvalue weighted by Crippen LogP contribution is -2.29. The Balaban J connectivity index is 2.07. The maximum absolute atomic E-state index is 6.16. The highest BCUT2D eigenvalue weighted by Crippen LogP contribution is 2.36. The highest BCUT2D eigenvalue weighted by molar-refractivity contribution is 14.2. The maximum Gasteiger partial charge on any atom is 0.221 e. The molecule has 0 bridgehead atoms. The average molecular weight is 498 g/mol. The summed E-state index contributed by atoms with van der Waals surface area (Å²) in [6, 6.07) is 2.05. The van der Waals surface area contributed by atoms with Crippen LogP contribution in [0.3, 0.4) is 0 Å². The number of aromatic nitrogens is 5. The fraction of sp³-hybridized carbons (Fsp3) is 0.389. The molecule has 9 heteroatoms. The van der Waals surface area contributed by atoms with Gasteiger partial charge in [0.05, 0.1) is 40.7 Å². The molecule has 0 radical (unpaired) electrons. The normalized spacial score (nSPS) is 12.9. The molecule has 0 aliphatic carbocycles. The van der Waals surface area contributed by atoms with Crippen LogP contribution in [0.25, 0.3) is 28.2 Å². The van der Waals surface area contributed by atoms with Crippen LogP contribution in [0.2, 0.25) is 0 Å². The monoisotopic (exact) mass is 498 g/mol. The van der Waals surface area contributed by atoms with Crippen LogP contribution in [0.4, 0.5) is 0 Å². The van der Waals surface area contributed by atoms with E-state index in [1.165, 1.54) is 0 Å². The van der Waals surface area contributed by atoms with E-state index in [9.17, 15) is 0 Å². The first kappa shape index (κ1) is 20.2. The first-order valence-corrected chi connectivity index (χ1v) is 12.9. The molecule has 3 rings (SSSR count). The average Bonchev–Trinajstić information content (AvgIpc) is 3.20. The van der Waals surface area contributed by atoms with Gasteiger partial charge in [0, 0.05) is 19.0 Å². The Morgan fingerprint density at radius 2 is 2.26 bits per heavy atom. The number of nitrogens with one attached hydrogen (secondary N) is 1. The van der Waals surface area contributed by atoms with Gasteiger partial charge in [0.2, 0.25) is 5.88 Å². The first-order valence-electron chi connectivity index (χ1n) is 8.79. The number of rotatable bonds is 8. The van der Waals surface area contributed by atoms with Crippen molar-refractivity contribution in [2.75, 3.05) is 13.1 Å². The number of fused-ring (bicyclic) bond motifs is 1. The van der Waals surface area contributed by atoms with Crippen LogP contribution >= 0.6 is 28.4 Å². The van der Waals surface area contributed by atoms with Crippen molar-refractivity contribution >= 4 is 45.4 Å². The number of aryl methyl sites for hydroxylation is 2. The largest absolute Gasteiger partial charge is 0.473 e. The summed E-state index contributed by atoms with van der Waals surface area (Å²) in [7, 11) is 1.88. The fourth-order valence-corrected chi connectivity index (χ4v) is 4.57. The maximum atomic E-state index is 6.16. The third-order valence-corrected chi connectivity index (χ3v) is 6.15. The van der Waals surface area contributed by atoms with Gasteiger partial charge in [0.25, 0.3) is 0 Å². The van der Waals surface area contributed by atoms with Crippen LogP contribution in [0.15, 0.2) is 18.8 Å². The number of likely N-dealkylation sites (N-methyl/N-ethyl adjacent to an activating group) is 1. The molecule has 7 nitrogen and oxygen atoms in total. The van der Waals surface area contributed by atoms with E-state index in [1.54, 1.807) is 17.0 Å². The van der Waals surface area contributed by atoms with E-state index in [-0.39, 0.29) is 6.10 Å². The molecule has 3 heterocycles. The van der Waals surface area contributed by atoms with Gasteiger partial charge in [0.1, 0.15) is 6.10 Å². The molecular formula is C18H24IN6OP. The molecule has 27 heavy (non-hydrogen) atoms. The van der Waals surface area contributed by atoms with E-state index >= 15 is 0 Å². The van der Waals surface area contributed by atoms with Gasteiger partial charge in [-0.3, -0.25) is 4.98 Å². The van der Waals surface area contributed by atoms with Crippen molar-refractivity contribution in [3.05, 3.63) is 30.2 Å². The molecule has 0 amide bonds. The second-order valence-electron chi connectivity index (χ2n) is 6.30. The topological polar surface area (TPSA) is 69.8 Å². The van der Waals surface area contributed by atoms with Crippen molar-refractivity contribution in [1.29, 1.82) is 0 Å². The number of hydrogen-bond acceptors (Lipinski definition) is 5. The summed E-state index contributed by atoms with van der Waals surface area (Å²) in [6.07, 6.45) is 4.12. The van der Waals surface area contributed by atoms with Gasteiger partial charge in [0.15, 0.2) is 0 Å². The molecule has 0 fully saturated rings. The van der Waals surface area contributed by atoms with Crippen molar-refractivity contribution < 1.29 is 4.74 Å². The molecular weight excluding hydrogens is 474 g/mol. The fourth-order valence-electron chi connectivity index (χ4n) is 3.01. The summed E-state index contributed by atoms with van der Waals surface area (Å²) in [5.74, 6) is 0.718. The molecule has 0 saturated heterocycles. The van der Waals surface area contributed by atoms with Gasteiger partial charge < -0.3 is 10.1 Å². The summed E-state index contributed by atoms with van der Waals surface area (Å²) in [5, 5.41) is 13.4. The zero-order chi connectivity index (χ0) is 19.6. The van der Waals surface area contributed by atoms with Gasteiger partial charge in [-0.05, 0) is 54.6 Å². The number of pyridine rings is 1. The lowest BCUT2D eigenvalue weighted by molar-refractivity contribution is 0.201. The van der Waals surface area contributed by atoms with Crippen molar-refractivity contribution in [3.63, 3.8) is 0 Å². The van der Waals surface area contributed by atoms with E-state index in [4.69, 9.17) is 9.72 Å². The van der Waals surface area contributed by atoms with Crippen molar-refractivity contribution in [1.82, 2.24) is 29.6 Å². The minimum Gasteiger partial charge on any atom is -0.473 e. The van der Waals surface area contributed by atoms with Crippen molar-refractivity contribution in [2.24, 2.45) is 7.05 Å². The standard InChI is InChI=1S/C18H24IN6OP/c1-6-15-13-8-16(22-12(4)17(13)25(23-15)27-19)14-10-21-24(5)18(14)26-11(3)9-20-7-2/h6,8,10-11,20,27H,1,7,9H2,2-5H3. The number of nitrogens with zero attached hydrogens (tertiary/aromatic N) is 5. The molecule has 0 aliphatic rings. The van der Waals surface area contributed by atoms with E-state index in [1.807, 2.05) is 25.3 Å². The molecule has 2 unspecified atom stereocenters. The van der Waals surface area contributed by atoms with E-state index < -0.39 is 0 Å². The van der Waals surface area contributed by atoms with Crippen LogP contribution < -0.4 is 10.1 Å². The summed E-state index contributed by atoms with van der Waals surface area (Å²) in [4.78, 5) is 4.83. The molecule has 0 saturated carbocycles. The second-order valence-corrected chi connectivity index (χ2v) is 8.34. The second kappa shape index (κ2) is 8.67. The number of ether oxygens (including phenoxy) is 1. The summed E-state index contributed by atoms with van der Waals surface area (Å²) in [5.41, 5.74) is 4.56. The Labute approximate surface area is 173 Å². The van der Waals surface area contributed by atoms with E-state index in [2.05, 4.69) is 57.1 Å². The Morgan fingerprint density at radius 1 is 1.48 bits per heavy atom. The van der Waals surface area contributed by atoms with Gasteiger partial charge >= 0.3 is 0 Å². The number of halogens is 1.